The minimum Gasteiger partial charge on any atom is -0.369 e. The molecule has 0 spiro atoms. The zero-order valence-corrected chi connectivity index (χ0v) is 9.30. The first kappa shape index (κ1) is 11.0. The van der Waals surface area contributed by atoms with Gasteiger partial charge in [0.2, 0.25) is 5.91 Å². The monoisotopic (exact) mass is 219 g/mol. The second-order valence-corrected chi connectivity index (χ2v) is 4.07. The number of para-hydroxylation sites is 1. The van der Waals surface area contributed by atoms with E-state index in [0.717, 1.165) is 26.2 Å². The maximum absolute atomic E-state index is 10.8. The number of nitrogens with two attached hydrogens (primary N) is 1. The number of carbonyl (C=O) groups excluding carboxylic acids is 1. The lowest BCUT2D eigenvalue weighted by Gasteiger charge is -2.35. The third-order valence-electron chi connectivity index (χ3n) is 2.87. The molecule has 1 aromatic carbocycles. The lowest BCUT2D eigenvalue weighted by Crippen LogP contribution is -2.48. The molecule has 1 amide bonds. The maximum atomic E-state index is 10.8. The molecule has 2 N–H and O–H groups in total. The Hall–Kier alpha value is -1.55. The highest BCUT2D eigenvalue weighted by molar-refractivity contribution is 5.75. The summed E-state index contributed by atoms with van der Waals surface area (Å²) in [7, 11) is 0. The van der Waals surface area contributed by atoms with Crippen molar-refractivity contribution in [2.45, 2.75) is 0 Å². The summed E-state index contributed by atoms with van der Waals surface area (Å²) in [5, 5.41) is 0. The average Bonchev–Trinajstić information content (AvgIpc) is 2.30. The van der Waals surface area contributed by atoms with Crippen LogP contribution in [0, 0.1) is 0 Å². The third-order valence-corrected chi connectivity index (χ3v) is 2.87. The van der Waals surface area contributed by atoms with Crippen molar-refractivity contribution in [1.29, 1.82) is 0 Å². The largest absolute Gasteiger partial charge is 0.369 e. The molecule has 0 radical (unpaired) electrons. The zero-order valence-electron chi connectivity index (χ0n) is 9.30. The Morgan fingerprint density at radius 3 is 2.31 bits per heavy atom. The van der Waals surface area contributed by atoms with Gasteiger partial charge in [0.1, 0.15) is 0 Å². The zero-order chi connectivity index (χ0) is 11.4. The van der Waals surface area contributed by atoms with Gasteiger partial charge in [-0.2, -0.15) is 0 Å². The van der Waals surface area contributed by atoms with Crippen LogP contribution < -0.4 is 10.6 Å². The molecule has 1 heterocycles. The van der Waals surface area contributed by atoms with Gasteiger partial charge in [0.25, 0.3) is 0 Å². The maximum Gasteiger partial charge on any atom is 0.231 e. The molecule has 0 aromatic heterocycles. The lowest BCUT2D eigenvalue weighted by atomic mass is 10.2. The minimum absolute atomic E-state index is 0.242. The van der Waals surface area contributed by atoms with Gasteiger partial charge in [0.05, 0.1) is 6.54 Å². The number of rotatable bonds is 3. The van der Waals surface area contributed by atoms with E-state index >= 15 is 0 Å². The molecular formula is C12H17N3O. The Balaban J connectivity index is 1.88. The molecule has 4 nitrogen and oxygen atoms in total. The normalized spacial score (nSPS) is 17.4. The third kappa shape index (κ3) is 2.73. The van der Waals surface area contributed by atoms with E-state index in [1.165, 1.54) is 5.69 Å². The molecule has 86 valence electrons. The quantitative estimate of drug-likeness (QED) is 0.795. The summed E-state index contributed by atoms with van der Waals surface area (Å²) in [6.07, 6.45) is 0. The van der Waals surface area contributed by atoms with Crippen LogP contribution >= 0.6 is 0 Å². The van der Waals surface area contributed by atoms with Gasteiger partial charge in [-0.25, -0.2) is 0 Å². The van der Waals surface area contributed by atoms with E-state index in [1.54, 1.807) is 0 Å². The van der Waals surface area contributed by atoms with Crippen LogP contribution in [0.3, 0.4) is 0 Å². The highest BCUT2D eigenvalue weighted by atomic mass is 16.1. The number of benzene rings is 1. The van der Waals surface area contributed by atoms with Crippen molar-refractivity contribution in [3.63, 3.8) is 0 Å². The van der Waals surface area contributed by atoms with Gasteiger partial charge in [-0.1, -0.05) is 18.2 Å². The molecule has 1 fully saturated rings. The Kier molecular flexibility index (Phi) is 3.41. The molecular weight excluding hydrogens is 202 g/mol. The number of piperazine rings is 1. The van der Waals surface area contributed by atoms with Crippen LogP contribution in [-0.4, -0.2) is 43.5 Å². The van der Waals surface area contributed by atoms with Gasteiger partial charge in [-0.05, 0) is 12.1 Å². The predicted molar refractivity (Wildman–Crippen MR) is 64.3 cm³/mol. The Labute approximate surface area is 95.6 Å². The Morgan fingerprint density at radius 2 is 1.75 bits per heavy atom. The van der Waals surface area contributed by atoms with Gasteiger partial charge in [0.15, 0.2) is 0 Å². The van der Waals surface area contributed by atoms with Gasteiger partial charge in [-0.3, -0.25) is 9.69 Å². The van der Waals surface area contributed by atoms with Crippen LogP contribution in [0.5, 0.6) is 0 Å². The van der Waals surface area contributed by atoms with Crippen molar-refractivity contribution in [2.75, 3.05) is 37.6 Å². The van der Waals surface area contributed by atoms with Gasteiger partial charge in [0, 0.05) is 31.9 Å². The summed E-state index contributed by atoms with van der Waals surface area (Å²) in [6, 6.07) is 10.3. The molecule has 1 aliphatic rings. The summed E-state index contributed by atoms with van der Waals surface area (Å²) in [5.74, 6) is -0.242. The Bertz CT molecular complexity index is 345. The lowest BCUT2D eigenvalue weighted by molar-refractivity contribution is -0.119. The molecule has 4 heteroatoms. The molecule has 0 saturated carbocycles. The smallest absolute Gasteiger partial charge is 0.231 e. The second kappa shape index (κ2) is 4.99. The summed E-state index contributed by atoms with van der Waals surface area (Å²) >= 11 is 0. The SMILES string of the molecule is NC(=O)CN1CCN(c2ccccc2)CC1. The van der Waals surface area contributed by atoms with E-state index in [2.05, 4.69) is 21.9 Å². The van der Waals surface area contributed by atoms with E-state index in [-0.39, 0.29) is 5.91 Å². The van der Waals surface area contributed by atoms with E-state index in [0.29, 0.717) is 6.54 Å². The van der Waals surface area contributed by atoms with Gasteiger partial charge >= 0.3 is 0 Å². The van der Waals surface area contributed by atoms with Crippen LogP contribution in [0.4, 0.5) is 5.69 Å². The first-order valence-corrected chi connectivity index (χ1v) is 5.56. The fourth-order valence-corrected chi connectivity index (χ4v) is 2.02. The molecule has 1 aromatic rings. The van der Waals surface area contributed by atoms with E-state index in [1.807, 2.05) is 18.2 Å². The topological polar surface area (TPSA) is 49.6 Å². The molecule has 0 aliphatic carbocycles. The van der Waals surface area contributed by atoms with Crippen molar-refractivity contribution in [2.24, 2.45) is 5.73 Å². The van der Waals surface area contributed by atoms with Gasteiger partial charge < -0.3 is 10.6 Å². The summed E-state index contributed by atoms with van der Waals surface area (Å²) in [6.45, 7) is 4.09. The van der Waals surface area contributed by atoms with Crippen molar-refractivity contribution < 1.29 is 4.79 Å². The number of carbonyl (C=O) groups is 1. The van der Waals surface area contributed by atoms with E-state index in [4.69, 9.17) is 5.73 Å². The fourth-order valence-electron chi connectivity index (χ4n) is 2.02. The first-order valence-electron chi connectivity index (χ1n) is 5.56. The van der Waals surface area contributed by atoms with E-state index in [9.17, 15) is 4.79 Å². The van der Waals surface area contributed by atoms with Crippen LogP contribution in [0.15, 0.2) is 30.3 Å². The standard InChI is InChI=1S/C12H17N3O/c13-12(16)10-14-6-8-15(9-7-14)11-4-2-1-3-5-11/h1-5H,6-10H2,(H2,13,16). The highest BCUT2D eigenvalue weighted by Crippen LogP contribution is 2.15. The fraction of sp³-hybridized carbons (Fsp3) is 0.417. The molecule has 1 aliphatic heterocycles. The number of primary amides is 1. The first-order chi connectivity index (χ1) is 7.75. The molecule has 0 unspecified atom stereocenters. The summed E-state index contributed by atoms with van der Waals surface area (Å²) < 4.78 is 0. The average molecular weight is 219 g/mol. The number of hydrogen-bond acceptors (Lipinski definition) is 3. The Morgan fingerprint density at radius 1 is 1.12 bits per heavy atom. The van der Waals surface area contributed by atoms with Crippen LogP contribution in [0.25, 0.3) is 0 Å². The molecule has 0 atom stereocenters. The van der Waals surface area contributed by atoms with Crippen molar-refractivity contribution in [3.8, 4) is 0 Å². The van der Waals surface area contributed by atoms with E-state index < -0.39 is 0 Å². The molecule has 0 bridgehead atoms. The number of amides is 1. The molecule has 16 heavy (non-hydrogen) atoms. The number of nitrogens with zero attached hydrogens (tertiary/aromatic N) is 2. The predicted octanol–water partition coefficient (Wildman–Crippen LogP) is 0.294. The van der Waals surface area contributed by atoms with Crippen molar-refractivity contribution in [3.05, 3.63) is 30.3 Å². The minimum atomic E-state index is -0.242. The molecule has 1 saturated heterocycles. The van der Waals surface area contributed by atoms with Gasteiger partial charge in [-0.15, -0.1) is 0 Å². The van der Waals surface area contributed by atoms with Crippen molar-refractivity contribution in [1.82, 2.24) is 4.90 Å². The summed E-state index contributed by atoms with van der Waals surface area (Å²) in [5.41, 5.74) is 6.43. The molecule has 2 rings (SSSR count). The summed E-state index contributed by atoms with van der Waals surface area (Å²) in [4.78, 5) is 15.2. The second-order valence-electron chi connectivity index (χ2n) is 4.07. The van der Waals surface area contributed by atoms with Crippen LogP contribution in [0.1, 0.15) is 0 Å². The van der Waals surface area contributed by atoms with Crippen LogP contribution in [-0.2, 0) is 4.79 Å². The van der Waals surface area contributed by atoms with Crippen molar-refractivity contribution >= 4 is 11.6 Å². The highest BCUT2D eigenvalue weighted by Gasteiger charge is 2.17. The number of hydrogen-bond donors (Lipinski definition) is 1. The number of anilines is 1. The van der Waals surface area contributed by atoms with Crippen LogP contribution in [0.2, 0.25) is 0 Å².